The Hall–Kier alpha value is -4.54. The van der Waals surface area contributed by atoms with E-state index in [0.717, 1.165) is 45.6 Å². The van der Waals surface area contributed by atoms with E-state index in [-0.39, 0.29) is 41.2 Å². The second kappa shape index (κ2) is 18.8. The Balaban J connectivity index is 1.45. The first-order valence-corrected chi connectivity index (χ1v) is 23.8. The molecule has 0 aromatic heterocycles. The lowest BCUT2D eigenvalue weighted by atomic mass is 9.33. The molecule has 5 fully saturated rings. The highest BCUT2D eigenvalue weighted by molar-refractivity contribution is 5.80. The van der Waals surface area contributed by atoms with E-state index in [1.807, 2.05) is 13.8 Å². The molecular formula is C50H72O17. The zero-order valence-corrected chi connectivity index (χ0v) is 41.6. The van der Waals surface area contributed by atoms with Gasteiger partial charge in [-0.15, -0.1) is 0 Å². The van der Waals surface area contributed by atoms with Crippen LogP contribution in [0.25, 0.3) is 0 Å². The fourth-order valence-electron chi connectivity index (χ4n) is 14.4. The highest BCUT2D eigenvalue weighted by Gasteiger charge is 2.73. The molecule has 374 valence electrons. The molecule has 1 aliphatic heterocycles. The van der Waals surface area contributed by atoms with Crippen LogP contribution in [0.3, 0.4) is 0 Å². The Labute approximate surface area is 393 Å². The predicted molar refractivity (Wildman–Crippen MR) is 235 cm³/mol. The second-order valence-electron chi connectivity index (χ2n) is 21.5. The van der Waals surface area contributed by atoms with Gasteiger partial charge < -0.3 is 42.6 Å². The molecule has 17 nitrogen and oxygen atoms in total. The Kier molecular flexibility index (Phi) is 14.5. The van der Waals surface area contributed by atoms with Crippen LogP contribution in [0.2, 0.25) is 0 Å². The normalized spacial score (nSPS) is 42.0. The summed E-state index contributed by atoms with van der Waals surface area (Å²) in [4.78, 5) is 103. The first-order chi connectivity index (χ1) is 31.1. The fourth-order valence-corrected chi connectivity index (χ4v) is 14.4. The van der Waals surface area contributed by atoms with E-state index >= 15 is 4.79 Å². The molecule has 0 bridgehead atoms. The molecule has 5 aliphatic carbocycles. The number of fused-ring (bicyclic) bond motifs is 7. The van der Waals surface area contributed by atoms with Crippen molar-refractivity contribution < 1.29 is 81.0 Å². The number of hydrogen-bond acceptors (Lipinski definition) is 17. The van der Waals surface area contributed by atoms with E-state index < -0.39 is 113 Å². The van der Waals surface area contributed by atoms with Crippen molar-refractivity contribution >= 4 is 47.8 Å². The summed E-state index contributed by atoms with van der Waals surface area (Å²) in [6.45, 7) is 21.3. The van der Waals surface area contributed by atoms with Gasteiger partial charge in [0.2, 0.25) is 12.4 Å². The molecule has 16 atom stereocenters. The quantitative estimate of drug-likeness (QED) is 0.124. The van der Waals surface area contributed by atoms with Gasteiger partial charge >= 0.3 is 47.8 Å². The van der Waals surface area contributed by atoms with Crippen LogP contribution in [-0.2, 0) is 81.0 Å². The van der Waals surface area contributed by atoms with E-state index in [9.17, 15) is 33.6 Å². The summed E-state index contributed by atoms with van der Waals surface area (Å²) in [6.07, 6.45) is -0.586. The Morgan fingerprint density at radius 2 is 1.21 bits per heavy atom. The van der Waals surface area contributed by atoms with Crippen molar-refractivity contribution in [1.29, 1.82) is 0 Å². The maximum atomic E-state index is 15.6. The van der Waals surface area contributed by atoms with Gasteiger partial charge in [-0.25, -0.2) is 0 Å². The number of ether oxygens (including phenoxy) is 9. The largest absolute Gasteiger partial charge is 0.465 e. The monoisotopic (exact) mass is 944 g/mol. The molecule has 0 radical (unpaired) electrons. The highest BCUT2D eigenvalue weighted by atomic mass is 16.7. The smallest absolute Gasteiger partial charge is 0.315 e. The Morgan fingerprint density at radius 3 is 1.79 bits per heavy atom. The fraction of sp³-hybridized carbons (Fsp3) is 0.800. The van der Waals surface area contributed by atoms with Gasteiger partial charge in [-0.2, -0.15) is 0 Å². The SMILES string of the molecule is CC(=O)OCC1OC(OC(=O)C23CCC(C)C(C)(OC(C)=O)C2C2=CCC4C5(C)CCC(OC(C)=O)C(C)(COC(C)=O)C5CCC4(C)C2(C)CC3)C(OC(C)=O)C(OC(C)=O)C1OC(C)=O. The molecular weight excluding hydrogens is 873 g/mol. The van der Waals surface area contributed by atoms with E-state index in [0.29, 0.717) is 38.5 Å². The van der Waals surface area contributed by atoms with Gasteiger partial charge in [0.05, 0.1) is 5.41 Å². The summed E-state index contributed by atoms with van der Waals surface area (Å²) < 4.78 is 53.0. The van der Waals surface area contributed by atoms with Gasteiger partial charge in [0, 0.05) is 59.8 Å². The average molecular weight is 945 g/mol. The van der Waals surface area contributed by atoms with Crippen LogP contribution in [0.5, 0.6) is 0 Å². The average Bonchev–Trinajstić information content (AvgIpc) is 3.20. The van der Waals surface area contributed by atoms with E-state index in [4.69, 9.17) is 42.6 Å². The van der Waals surface area contributed by atoms with Crippen LogP contribution in [-0.4, -0.2) is 103 Å². The van der Waals surface area contributed by atoms with Gasteiger partial charge in [0.15, 0.2) is 12.2 Å². The van der Waals surface area contributed by atoms with Crippen molar-refractivity contribution in [3.63, 3.8) is 0 Å². The van der Waals surface area contributed by atoms with Crippen molar-refractivity contribution in [3.05, 3.63) is 11.6 Å². The third kappa shape index (κ3) is 9.11. The number of carbonyl (C=O) groups excluding carboxylic acids is 8. The summed E-state index contributed by atoms with van der Waals surface area (Å²) in [5.74, 6) is -5.88. The predicted octanol–water partition coefficient (Wildman–Crippen LogP) is 6.43. The number of allylic oxidation sites excluding steroid dienone is 1. The molecule has 4 saturated carbocycles. The molecule has 0 N–H and O–H groups in total. The third-order valence-electron chi connectivity index (χ3n) is 17.6. The van der Waals surface area contributed by atoms with Crippen LogP contribution in [0.4, 0.5) is 0 Å². The zero-order valence-electron chi connectivity index (χ0n) is 41.6. The van der Waals surface area contributed by atoms with Crippen LogP contribution in [0.1, 0.15) is 148 Å². The van der Waals surface area contributed by atoms with Gasteiger partial charge in [0.1, 0.15) is 31.0 Å². The van der Waals surface area contributed by atoms with Crippen LogP contribution < -0.4 is 0 Å². The van der Waals surface area contributed by atoms with Crippen LogP contribution in [0, 0.1) is 50.7 Å². The molecule has 16 unspecified atom stereocenters. The minimum absolute atomic E-state index is 0.0364. The molecule has 0 spiro atoms. The van der Waals surface area contributed by atoms with Gasteiger partial charge in [-0.3, -0.25) is 38.4 Å². The van der Waals surface area contributed by atoms with Crippen LogP contribution in [0.15, 0.2) is 11.6 Å². The second-order valence-corrected chi connectivity index (χ2v) is 21.5. The van der Waals surface area contributed by atoms with Gasteiger partial charge in [-0.05, 0) is 98.7 Å². The summed E-state index contributed by atoms with van der Waals surface area (Å²) in [6, 6.07) is 0. The number of esters is 8. The van der Waals surface area contributed by atoms with Crippen molar-refractivity contribution in [3.8, 4) is 0 Å². The first kappa shape index (κ1) is 51.8. The number of rotatable bonds is 11. The van der Waals surface area contributed by atoms with Crippen molar-refractivity contribution in [2.75, 3.05) is 13.2 Å². The topological polar surface area (TPSA) is 220 Å². The molecule has 1 saturated heterocycles. The number of hydrogen-bond donors (Lipinski definition) is 0. The lowest BCUT2D eigenvalue weighted by Gasteiger charge is -2.72. The van der Waals surface area contributed by atoms with Crippen molar-refractivity contribution in [2.45, 2.75) is 190 Å². The molecule has 0 aromatic rings. The minimum atomic E-state index is -1.74. The minimum Gasteiger partial charge on any atom is -0.465 e. The first-order valence-electron chi connectivity index (χ1n) is 23.8. The Bertz CT molecular complexity index is 2050. The van der Waals surface area contributed by atoms with Crippen molar-refractivity contribution in [1.82, 2.24) is 0 Å². The molecule has 17 heteroatoms. The van der Waals surface area contributed by atoms with E-state index in [1.54, 1.807) is 0 Å². The Morgan fingerprint density at radius 1 is 0.612 bits per heavy atom. The summed E-state index contributed by atoms with van der Waals surface area (Å²) in [5, 5.41) is 0. The maximum Gasteiger partial charge on any atom is 0.315 e. The van der Waals surface area contributed by atoms with E-state index in [1.165, 1.54) is 27.7 Å². The summed E-state index contributed by atoms with van der Waals surface area (Å²) in [5.41, 5.74) is -3.29. The molecule has 0 amide bonds. The molecule has 6 aliphatic rings. The molecule has 0 aromatic carbocycles. The zero-order chi connectivity index (χ0) is 49.8. The summed E-state index contributed by atoms with van der Waals surface area (Å²) in [7, 11) is 0. The summed E-state index contributed by atoms with van der Waals surface area (Å²) >= 11 is 0. The highest BCUT2D eigenvalue weighted by Crippen LogP contribution is 2.76. The maximum absolute atomic E-state index is 15.6. The van der Waals surface area contributed by atoms with Gasteiger partial charge in [-0.1, -0.05) is 46.3 Å². The molecule has 1 heterocycles. The van der Waals surface area contributed by atoms with E-state index in [2.05, 4.69) is 33.8 Å². The third-order valence-corrected chi connectivity index (χ3v) is 17.6. The lowest BCUT2D eigenvalue weighted by Crippen LogP contribution is -2.69. The van der Waals surface area contributed by atoms with Crippen molar-refractivity contribution in [2.24, 2.45) is 50.7 Å². The molecule has 6 rings (SSSR count). The standard InChI is InChI=1S/C50H72O17/c1-26-16-21-50(44(58)66-43-41(64-32(7)56)40(63-31(6)55)39(62-30(5)54)35(65-43)24-59-27(2)51)23-22-47(11)34(42(50)49(26,13)67-33(8)57)14-15-37-45(9)19-18-38(61-29(4)53)46(10,25-60-28(3)52)36(45)17-20-48(37,47)12/h14,26,35-43H,15-25H2,1-13H3. The van der Waals surface area contributed by atoms with Gasteiger partial charge in [0.25, 0.3) is 0 Å². The number of carbonyl (C=O) groups is 8. The molecule has 67 heavy (non-hydrogen) atoms. The lowest BCUT2D eigenvalue weighted by molar-refractivity contribution is -0.306. The van der Waals surface area contributed by atoms with Crippen LogP contribution >= 0.6 is 0 Å².